The lowest BCUT2D eigenvalue weighted by Gasteiger charge is -2.05. The zero-order valence-corrected chi connectivity index (χ0v) is 12.0. The largest absolute Gasteiger partial charge is 0.336 e. The Morgan fingerprint density at radius 3 is 3.00 bits per heavy atom. The predicted octanol–water partition coefficient (Wildman–Crippen LogP) is 3.04. The Kier molecular flexibility index (Phi) is 2.94. The summed E-state index contributed by atoms with van der Waals surface area (Å²) in [6.07, 6.45) is 4.47. The summed E-state index contributed by atoms with van der Waals surface area (Å²) in [7, 11) is 1.93. The fraction of sp³-hybridized carbons (Fsp3) is 0.308. The molecule has 0 aromatic carbocycles. The van der Waals surface area contributed by atoms with Crippen molar-refractivity contribution in [3.63, 3.8) is 0 Å². The first-order chi connectivity index (χ1) is 9.19. The van der Waals surface area contributed by atoms with Crippen molar-refractivity contribution in [1.82, 2.24) is 19.7 Å². The predicted molar refractivity (Wildman–Crippen MR) is 78.0 cm³/mol. The van der Waals surface area contributed by atoms with Crippen molar-refractivity contribution in [3.05, 3.63) is 29.2 Å². The lowest BCUT2D eigenvalue weighted by atomic mass is 10.3. The molecule has 6 heteroatoms. The van der Waals surface area contributed by atoms with Crippen LogP contribution in [0.2, 0.25) is 0 Å². The van der Waals surface area contributed by atoms with Gasteiger partial charge in [0.15, 0.2) is 5.82 Å². The second kappa shape index (κ2) is 4.62. The fourth-order valence-electron chi connectivity index (χ4n) is 2.09. The molecule has 0 aliphatic rings. The van der Waals surface area contributed by atoms with Crippen LogP contribution in [0.3, 0.4) is 0 Å². The highest BCUT2D eigenvalue weighted by Gasteiger charge is 2.11. The van der Waals surface area contributed by atoms with Crippen molar-refractivity contribution in [2.75, 3.05) is 5.32 Å². The molecule has 0 fully saturated rings. The van der Waals surface area contributed by atoms with Crippen LogP contribution in [0.1, 0.15) is 18.2 Å². The second-order valence-electron chi connectivity index (χ2n) is 4.46. The van der Waals surface area contributed by atoms with Gasteiger partial charge in [0.05, 0.1) is 21.6 Å². The van der Waals surface area contributed by atoms with Crippen molar-refractivity contribution in [2.24, 2.45) is 7.05 Å². The maximum atomic E-state index is 4.42. The Labute approximate surface area is 115 Å². The number of anilines is 2. The highest BCUT2D eigenvalue weighted by atomic mass is 32.1. The number of thiophene rings is 1. The summed E-state index contributed by atoms with van der Waals surface area (Å²) in [6, 6.07) is 0. The number of aryl methyl sites for hydroxylation is 3. The standard InChI is InChI=1S/C13H15N5S/c1-4-9-10(5-18(3)17-9)16-13-12-11(14-7-15-13)8(2)6-19-12/h5-7H,4H2,1-3H3,(H,14,15,16). The topological polar surface area (TPSA) is 55.6 Å². The van der Waals surface area contributed by atoms with Crippen molar-refractivity contribution < 1.29 is 0 Å². The maximum Gasteiger partial charge on any atom is 0.151 e. The quantitative estimate of drug-likeness (QED) is 0.797. The smallest absolute Gasteiger partial charge is 0.151 e. The number of fused-ring (bicyclic) bond motifs is 1. The van der Waals surface area contributed by atoms with Crippen molar-refractivity contribution in [1.29, 1.82) is 0 Å². The van der Waals surface area contributed by atoms with E-state index in [9.17, 15) is 0 Å². The Morgan fingerprint density at radius 2 is 2.21 bits per heavy atom. The molecule has 0 aliphatic carbocycles. The number of rotatable bonds is 3. The van der Waals surface area contributed by atoms with Crippen LogP contribution in [0.5, 0.6) is 0 Å². The minimum absolute atomic E-state index is 0.853. The van der Waals surface area contributed by atoms with E-state index in [2.05, 4.69) is 39.6 Å². The van der Waals surface area contributed by atoms with Gasteiger partial charge in [0.25, 0.3) is 0 Å². The summed E-state index contributed by atoms with van der Waals surface area (Å²) in [5.74, 6) is 0.853. The molecule has 0 bridgehead atoms. The summed E-state index contributed by atoms with van der Waals surface area (Å²) in [5, 5.41) is 9.91. The van der Waals surface area contributed by atoms with Crippen LogP contribution in [0, 0.1) is 6.92 Å². The number of hydrogen-bond acceptors (Lipinski definition) is 5. The van der Waals surface area contributed by atoms with Gasteiger partial charge in [-0.15, -0.1) is 11.3 Å². The Balaban J connectivity index is 2.05. The van der Waals surface area contributed by atoms with Gasteiger partial charge in [-0.2, -0.15) is 5.10 Å². The van der Waals surface area contributed by atoms with Gasteiger partial charge >= 0.3 is 0 Å². The molecule has 0 aliphatic heterocycles. The zero-order valence-electron chi connectivity index (χ0n) is 11.1. The molecule has 5 nitrogen and oxygen atoms in total. The van der Waals surface area contributed by atoms with E-state index in [0.29, 0.717) is 0 Å². The normalized spacial score (nSPS) is 11.1. The molecule has 3 rings (SSSR count). The summed E-state index contributed by atoms with van der Waals surface area (Å²) in [5.41, 5.74) is 4.26. The highest BCUT2D eigenvalue weighted by molar-refractivity contribution is 7.18. The fourth-order valence-corrected chi connectivity index (χ4v) is 3.03. The van der Waals surface area contributed by atoms with E-state index in [-0.39, 0.29) is 0 Å². The van der Waals surface area contributed by atoms with Crippen molar-refractivity contribution in [3.8, 4) is 0 Å². The van der Waals surface area contributed by atoms with Gasteiger partial charge in [0.2, 0.25) is 0 Å². The van der Waals surface area contributed by atoms with E-state index in [1.165, 1.54) is 5.56 Å². The molecule has 0 saturated carbocycles. The monoisotopic (exact) mass is 273 g/mol. The second-order valence-corrected chi connectivity index (χ2v) is 5.34. The first kappa shape index (κ1) is 12.1. The van der Waals surface area contributed by atoms with E-state index in [1.807, 2.05) is 17.9 Å². The highest BCUT2D eigenvalue weighted by Crippen LogP contribution is 2.30. The minimum atomic E-state index is 0.853. The molecule has 0 amide bonds. The number of aromatic nitrogens is 4. The van der Waals surface area contributed by atoms with Crippen LogP contribution in [-0.4, -0.2) is 19.7 Å². The van der Waals surface area contributed by atoms with Crippen LogP contribution >= 0.6 is 11.3 Å². The molecule has 3 heterocycles. The van der Waals surface area contributed by atoms with E-state index < -0.39 is 0 Å². The average Bonchev–Trinajstić information content (AvgIpc) is 2.94. The zero-order chi connectivity index (χ0) is 13.4. The van der Waals surface area contributed by atoms with Gasteiger partial charge in [-0.1, -0.05) is 6.92 Å². The first-order valence-electron chi connectivity index (χ1n) is 6.17. The summed E-state index contributed by atoms with van der Waals surface area (Å²) >= 11 is 1.67. The lowest BCUT2D eigenvalue weighted by Crippen LogP contribution is -1.96. The molecule has 0 spiro atoms. The Bertz CT molecular complexity index is 728. The van der Waals surface area contributed by atoms with Crippen LogP contribution in [0.4, 0.5) is 11.5 Å². The number of nitrogens with one attached hydrogen (secondary N) is 1. The SMILES string of the molecule is CCc1nn(C)cc1Nc1ncnc2c(C)csc12. The Morgan fingerprint density at radius 1 is 1.37 bits per heavy atom. The molecule has 0 radical (unpaired) electrons. The maximum absolute atomic E-state index is 4.42. The van der Waals surface area contributed by atoms with Gasteiger partial charge in [-0.25, -0.2) is 9.97 Å². The molecule has 0 atom stereocenters. The molecule has 0 unspecified atom stereocenters. The van der Waals surface area contributed by atoms with E-state index in [1.54, 1.807) is 17.7 Å². The number of hydrogen-bond donors (Lipinski definition) is 1. The summed E-state index contributed by atoms with van der Waals surface area (Å²) < 4.78 is 2.91. The molecule has 3 aromatic rings. The molecule has 19 heavy (non-hydrogen) atoms. The molecule has 1 N–H and O–H groups in total. The van der Waals surface area contributed by atoms with Gasteiger partial charge in [-0.05, 0) is 24.3 Å². The third-order valence-corrected chi connectivity index (χ3v) is 4.12. The average molecular weight is 273 g/mol. The van der Waals surface area contributed by atoms with E-state index >= 15 is 0 Å². The molecular formula is C13H15N5S. The van der Waals surface area contributed by atoms with Crippen molar-refractivity contribution in [2.45, 2.75) is 20.3 Å². The third kappa shape index (κ3) is 2.08. The first-order valence-corrected chi connectivity index (χ1v) is 7.05. The number of nitrogens with zero attached hydrogens (tertiary/aromatic N) is 4. The minimum Gasteiger partial charge on any atom is -0.336 e. The molecule has 3 aromatic heterocycles. The van der Waals surface area contributed by atoms with Crippen LogP contribution in [-0.2, 0) is 13.5 Å². The lowest BCUT2D eigenvalue weighted by molar-refractivity contribution is 0.746. The van der Waals surface area contributed by atoms with E-state index in [0.717, 1.165) is 33.8 Å². The summed E-state index contributed by atoms with van der Waals surface area (Å²) in [6.45, 7) is 4.16. The van der Waals surface area contributed by atoms with Gasteiger partial charge in [-0.3, -0.25) is 4.68 Å². The van der Waals surface area contributed by atoms with Crippen LogP contribution < -0.4 is 5.32 Å². The van der Waals surface area contributed by atoms with Gasteiger partial charge in [0, 0.05) is 13.2 Å². The van der Waals surface area contributed by atoms with Gasteiger partial charge < -0.3 is 5.32 Å². The molecule has 0 saturated heterocycles. The Hall–Kier alpha value is -1.95. The van der Waals surface area contributed by atoms with Crippen LogP contribution in [0.15, 0.2) is 17.9 Å². The van der Waals surface area contributed by atoms with Crippen molar-refractivity contribution >= 4 is 33.1 Å². The molecule has 98 valence electrons. The summed E-state index contributed by atoms with van der Waals surface area (Å²) in [4.78, 5) is 8.68. The van der Waals surface area contributed by atoms with E-state index in [4.69, 9.17) is 0 Å². The van der Waals surface area contributed by atoms with Crippen LogP contribution in [0.25, 0.3) is 10.2 Å². The third-order valence-electron chi connectivity index (χ3n) is 3.02. The van der Waals surface area contributed by atoms with Gasteiger partial charge in [0.1, 0.15) is 6.33 Å². The molecular weight excluding hydrogens is 258 g/mol.